The van der Waals surface area contributed by atoms with Crippen LogP contribution in [0.25, 0.3) is 0 Å². The number of rotatable bonds is 4. The lowest BCUT2D eigenvalue weighted by molar-refractivity contribution is 0.304. The summed E-state index contributed by atoms with van der Waals surface area (Å²) in [7, 11) is 0. The van der Waals surface area contributed by atoms with Crippen molar-refractivity contribution in [2.75, 3.05) is 0 Å². The zero-order valence-corrected chi connectivity index (χ0v) is 10.7. The summed E-state index contributed by atoms with van der Waals surface area (Å²) in [5, 5.41) is 0. The van der Waals surface area contributed by atoms with Crippen LogP contribution in [0.1, 0.15) is 30.9 Å². The van der Waals surface area contributed by atoms with Crippen molar-refractivity contribution in [3.63, 3.8) is 0 Å². The third-order valence-electron chi connectivity index (χ3n) is 2.84. The van der Waals surface area contributed by atoms with Gasteiger partial charge in [0, 0.05) is 6.07 Å². The molecule has 0 heterocycles. The quantitative estimate of drug-likeness (QED) is 0.767. The minimum absolute atomic E-state index is 0.188. The molecule has 2 aromatic carbocycles. The van der Waals surface area contributed by atoms with Gasteiger partial charge in [0.15, 0.2) is 0 Å². The molecule has 2 heteroatoms. The van der Waals surface area contributed by atoms with Crippen LogP contribution < -0.4 is 4.74 Å². The Morgan fingerprint density at radius 2 is 1.78 bits per heavy atom. The lowest BCUT2D eigenvalue weighted by atomic mass is 10.0. The van der Waals surface area contributed by atoms with Gasteiger partial charge in [-0.3, -0.25) is 0 Å². The molecule has 18 heavy (non-hydrogen) atoms. The van der Waals surface area contributed by atoms with Gasteiger partial charge in [-0.25, -0.2) is 4.39 Å². The highest BCUT2D eigenvalue weighted by Crippen LogP contribution is 2.23. The zero-order valence-electron chi connectivity index (χ0n) is 10.7. The van der Waals surface area contributed by atoms with Crippen molar-refractivity contribution in [1.29, 1.82) is 0 Å². The van der Waals surface area contributed by atoms with Gasteiger partial charge in [-0.05, 0) is 23.1 Å². The Morgan fingerprint density at radius 1 is 1.06 bits per heavy atom. The SMILES string of the molecule is CC(C)c1ccc(OCc2ccccc2)cc1F. The number of hydrogen-bond acceptors (Lipinski definition) is 1. The smallest absolute Gasteiger partial charge is 0.130 e. The molecule has 0 amide bonds. The van der Waals surface area contributed by atoms with Crippen molar-refractivity contribution in [2.45, 2.75) is 26.4 Å². The van der Waals surface area contributed by atoms with E-state index in [1.807, 2.05) is 50.2 Å². The monoisotopic (exact) mass is 244 g/mol. The van der Waals surface area contributed by atoms with Crippen molar-refractivity contribution in [3.05, 3.63) is 65.5 Å². The highest BCUT2D eigenvalue weighted by molar-refractivity contribution is 5.31. The van der Waals surface area contributed by atoms with Crippen LogP contribution in [0.4, 0.5) is 4.39 Å². The molecular formula is C16H17FO. The maximum Gasteiger partial charge on any atom is 0.130 e. The van der Waals surface area contributed by atoms with E-state index in [0.29, 0.717) is 12.4 Å². The third kappa shape index (κ3) is 3.10. The molecule has 0 unspecified atom stereocenters. The van der Waals surface area contributed by atoms with Crippen molar-refractivity contribution in [3.8, 4) is 5.75 Å². The molecule has 94 valence electrons. The van der Waals surface area contributed by atoms with E-state index in [1.165, 1.54) is 6.07 Å². The predicted octanol–water partition coefficient (Wildman–Crippen LogP) is 4.53. The van der Waals surface area contributed by atoms with Gasteiger partial charge in [-0.1, -0.05) is 50.2 Å². The van der Waals surface area contributed by atoms with E-state index in [1.54, 1.807) is 6.07 Å². The molecule has 0 N–H and O–H groups in total. The first-order chi connectivity index (χ1) is 8.66. The minimum atomic E-state index is -0.199. The second-order valence-electron chi connectivity index (χ2n) is 4.61. The van der Waals surface area contributed by atoms with E-state index >= 15 is 0 Å². The summed E-state index contributed by atoms with van der Waals surface area (Å²) >= 11 is 0. The molecule has 2 rings (SSSR count). The molecule has 0 radical (unpaired) electrons. The van der Waals surface area contributed by atoms with Gasteiger partial charge in [0.25, 0.3) is 0 Å². The first kappa shape index (κ1) is 12.6. The van der Waals surface area contributed by atoms with Gasteiger partial charge >= 0.3 is 0 Å². The Bertz CT molecular complexity index is 506. The van der Waals surface area contributed by atoms with Crippen molar-refractivity contribution in [1.82, 2.24) is 0 Å². The average molecular weight is 244 g/mol. The van der Waals surface area contributed by atoms with Crippen LogP contribution in [-0.4, -0.2) is 0 Å². The fraction of sp³-hybridized carbons (Fsp3) is 0.250. The van der Waals surface area contributed by atoms with Gasteiger partial charge < -0.3 is 4.74 Å². The highest BCUT2D eigenvalue weighted by atomic mass is 19.1. The summed E-state index contributed by atoms with van der Waals surface area (Å²) < 4.78 is 19.3. The standard InChI is InChI=1S/C16H17FO/c1-12(2)15-9-8-14(10-16(15)17)18-11-13-6-4-3-5-7-13/h3-10,12H,11H2,1-2H3. The number of hydrogen-bond donors (Lipinski definition) is 0. The number of benzene rings is 2. The first-order valence-electron chi connectivity index (χ1n) is 6.13. The summed E-state index contributed by atoms with van der Waals surface area (Å²) in [5.41, 5.74) is 1.80. The van der Waals surface area contributed by atoms with E-state index in [9.17, 15) is 4.39 Å². The van der Waals surface area contributed by atoms with Crippen LogP contribution in [0.2, 0.25) is 0 Å². The Labute approximate surface area is 107 Å². The van der Waals surface area contributed by atoms with Crippen LogP contribution in [0, 0.1) is 5.82 Å². The average Bonchev–Trinajstić information content (AvgIpc) is 2.37. The van der Waals surface area contributed by atoms with E-state index < -0.39 is 0 Å². The molecule has 0 aliphatic rings. The van der Waals surface area contributed by atoms with Crippen molar-refractivity contribution < 1.29 is 9.13 Å². The summed E-state index contributed by atoms with van der Waals surface area (Å²) in [6.07, 6.45) is 0. The van der Waals surface area contributed by atoms with Crippen LogP contribution in [-0.2, 0) is 6.61 Å². The second-order valence-corrected chi connectivity index (χ2v) is 4.61. The van der Waals surface area contributed by atoms with Gasteiger partial charge in [0.2, 0.25) is 0 Å². The van der Waals surface area contributed by atoms with Crippen molar-refractivity contribution in [2.24, 2.45) is 0 Å². The molecule has 0 atom stereocenters. The second kappa shape index (κ2) is 5.67. The zero-order chi connectivity index (χ0) is 13.0. The van der Waals surface area contributed by atoms with Gasteiger partial charge in [0.1, 0.15) is 18.2 Å². The largest absolute Gasteiger partial charge is 0.489 e. The van der Waals surface area contributed by atoms with E-state index in [4.69, 9.17) is 4.74 Å². The molecule has 1 nitrogen and oxygen atoms in total. The molecule has 0 spiro atoms. The first-order valence-corrected chi connectivity index (χ1v) is 6.13. The summed E-state index contributed by atoms with van der Waals surface area (Å²) in [5.74, 6) is 0.560. The maximum atomic E-state index is 13.7. The molecule has 0 aliphatic heterocycles. The lowest BCUT2D eigenvalue weighted by Gasteiger charge is -2.10. The van der Waals surface area contributed by atoms with Gasteiger partial charge in [-0.15, -0.1) is 0 Å². The fourth-order valence-electron chi connectivity index (χ4n) is 1.81. The molecule has 0 aliphatic carbocycles. The minimum Gasteiger partial charge on any atom is -0.489 e. The van der Waals surface area contributed by atoms with Crippen LogP contribution >= 0.6 is 0 Å². The highest BCUT2D eigenvalue weighted by Gasteiger charge is 2.07. The maximum absolute atomic E-state index is 13.7. The topological polar surface area (TPSA) is 9.23 Å². The molecule has 0 bridgehead atoms. The Kier molecular flexibility index (Phi) is 3.98. The molecule has 2 aromatic rings. The van der Waals surface area contributed by atoms with E-state index in [0.717, 1.165) is 11.1 Å². The number of ether oxygens (including phenoxy) is 1. The van der Waals surface area contributed by atoms with E-state index in [-0.39, 0.29) is 11.7 Å². The predicted molar refractivity (Wildman–Crippen MR) is 71.3 cm³/mol. The van der Waals surface area contributed by atoms with Crippen molar-refractivity contribution >= 4 is 0 Å². The third-order valence-corrected chi connectivity index (χ3v) is 2.84. The molecule has 0 saturated heterocycles. The van der Waals surface area contributed by atoms with Crippen LogP contribution in [0.3, 0.4) is 0 Å². The summed E-state index contributed by atoms with van der Waals surface area (Å²) in [6.45, 7) is 4.41. The normalized spacial score (nSPS) is 10.7. The Hall–Kier alpha value is -1.83. The fourth-order valence-corrected chi connectivity index (χ4v) is 1.81. The van der Waals surface area contributed by atoms with E-state index in [2.05, 4.69) is 0 Å². The molecule has 0 fully saturated rings. The Morgan fingerprint density at radius 3 is 2.39 bits per heavy atom. The Balaban J connectivity index is 2.05. The summed E-state index contributed by atoms with van der Waals surface area (Å²) in [6, 6.07) is 14.9. The molecular weight excluding hydrogens is 227 g/mol. The van der Waals surface area contributed by atoms with Gasteiger partial charge in [-0.2, -0.15) is 0 Å². The lowest BCUT2D eigenvalue weighted by Crippen LogP contribution is -1.98. The van der Waals surface area contributed by atoms with Crippen LogP contribution in [0.5, 0.6) is 5.75 Å². The summed E-state index contributed by atoms with van der Waals surface area (Å²) in [4.78, 5) is 0. The van der Waals surface area contributed by atoms with Crippen LogP contribution in [0.15, 0.2) is 48.5 Å². The molecule has 0 saturated carbocycles. The molecule has 0 aromatic heterocycles. The van der Waals surface area contributed by atoms with Gasteiger partial charge in [0.05, 0.1) is 0 Å². The number of halogens is 1.